The second-order valence-electron chi connectivity index (χ2n) is 2.82. The fourth-order valence-corrected chi connectivity index (χ4v) is 0.903. The predicted molar refractivity (Wildman–Crippen MR) is 40.0 cm³/mol. The van der Waals surface area contributed by atoms with Crippen molar-refractivity contribution in [1.82, 2.24) is 5.32 Å². The lowest BCUT2D eigenvalue weighted by atomic mass is 10.2. The van der Waals surface area contributed by atoms with Crippen molar-refractivity contribution in [3.8, 4) is 0 Å². The number of aliphatic imine (C=N–C) groups is 1. The molecular formula is C7H14N2. The van der Waals surface area contributed by atoms with Gasteiger partial charge in [0, 0.05) is 25.3 Å². The minimum atomic E-state index is 0.468. The molecule has 0 amide bonds. The first-order chi connectivity index (χ1) is 4.29. The Morgan fingerprint density at radius 1 is 1.56 bits per heavy atom. The molecule has 0 saturated carbocycles. The molecule has 2 heteroatoms. The molecule has 1 aliphatic rings. The molecule has 1 N–H and O–H groups in total. The fourth-order valence-electron chi connectivity index (χ4n) is 0.903. The van der Waals surface area contributed by atoms with E-state index in [2.05, 4.69) is 24.2 Å². The molecule has 0 aliphatic carbocycles. The molecule has 2 atom stereocenters. The molecule has 1 heterocycles. The van der Waals surface area contributed by atoms with E-state index in [4.69, 9.17) is 0 Å². The molecule has 52 valence electrons. The average molecular weight is 126 g/mol. The van der Waals surface area contributed by atoms with Crippen LogP contribution >= 0.6 is 0 Å². The zero-order chi connectivity index (χ0) is 6.69. The average Bonchev–Trinajstić information content (AvgIpc) is 1.97. The highest BCUT2D eigenvalue weighted by Crippen LogP contribution is 1.96. The van der Waals surface area contributed by atoms with Crippen molar-refractivity contribution in [3.63, 3.8) is 0 Å². The molecule has 0 radical (unpaired) electrons. The van der Waals surface area contributed by atoms with Crippen molar-refractivity contribution in [3.05, 3.63) is 0 Å². The Morgan fingerprint density at radius 2 is 2.33 bits per heavy atom. The summed E-state index contributed by atoms with van der Waals surface area (Å²) in [6.07, 6.45) is 1.99. The quantitative estimate of drug-likeness (QED) is 0.507. The maximum Gasteiger partial charge on any atom is 0.0423 e. The minimum absolute atomic E-state index is 0.468. The highest BCUT2D eigenvalue weighted by atomic mass is 14.9. The Hall–Kier alpha value is -0.370. The zero-order valence-electron chi connectivity index (χ0n) is 6.09. The lowest BCUT2D eigenvalue weighted by Crippen LogP contribution is -2.29. The van der Waals surface area contributed by atoms with E-state index in [0.29, 0.717) is 12.0 Å². The van der Waals surface area contributed by atoms with Gasteiger partial charge in [-0.3, -0.25) is 4.99 Å². The van der Waals surface area contributed by atoms with Gasteiger partial charge in [0.2, 0.25) is 0 Å². The van der Waals surface area contributed by atoms with E-state index in [1.165, 1.54) is 0 Å². The van der Waals surface area contributed by atoms with Crippen LogP contribution in [-0.4, -0.2) is 25.3 Å². The largest absolute Gasteiger partial charge is 0.309 e. The Bertz CT molecular complexity index is 109. The third-order valence-electron chi connectivity index (χ3n) is 1.53. The van der Waals surface area contributed by atoms with Crippen molar-refractivity contribution >= 4 is 6.21 Å². The van der Waals surface area contributed by atoms with E-state index < -0.39 is 0 Å². The molecule has 0 spiro atoms. The molecule has 0 fully saturated rings. The van der Waals surface area contributed by atoms with Gasteiger partial charge in [0.25, 0.3) is 0 Å². The summed E-state index contributed by atoms with van der Waals surface area (Å²) < 4.78 is 0. The molecule has 2 nitrogen and oxygen atoms in total. The molecule has 0 saturated heterocycles. The van der Waals surface area contributed by atoms with Crippen LogP contribution in [0.2, 0.25) is 0 Å². The van der Waals surface area contributed by atoms with Crippen LogP contribution in [0.4, 0.5) is 0 Å². The standard InChI is InChI=1S/C7H14N2/c1-6-3-8-5-7(2)9-4-6/h5-7,9H,3-4H2,1-2H3. The van der Waals surface area contributed by atoms with Gasteiger partial charge in [0.15, 0.2) is 0 Å². The topological polar surface area (TPSA) is 24.4 Å². The van der Waals surface area contributed by atoms with Gasteiger partial charge in [-0.05, 0) is 12.8 Å². The first-order valence-electron chi connectivity index (χ1n) is 3.52. The smallest absolute Gasteiger partial charge is 0.0423 e. The molecule has 9 heavy (non-hydrogen) atoms. The van der Waals surface area contributed by atoms with Crippen LogP contribution in [0.5, 0.6) is 0 Å². The van der Waals surface area contributed by atoms with Crippen LogP contribution < -0.4 is 5.32 Å². The van der Waals surface area contributed by atoms with E-state index in [0.717, 1.165) is 13.1 Å². The van der Waals surface area contributed by atoms with Gasteiger partial charge in [-0.1, -0.05) is 6.92 Å². The van der Waals surface area contributed by atoms with Crippen molar-refractivity contribution in [2.24, 2.45) is 10.9 Å². The molecule has 0 bridgehead atoms. The van der Waals surface area contributed by atoms with Crippen molar-refractivity contribution in [2.75, 3.05) is 13.1 Å². The van der Waals surface area contributed by atoms with Gasteiger partial charge in [0.05, 0.1) is 0 Å². The fraction of sp³-hybridized carbons (Fsp3) is 0.857. The lowest BCUT2D eigenvalue weighted by Gasteiger charge is -2.07. The summed E-state index contributed by atoms with van der Waals surface area (Å²) >= 11 is 0. The molecule has 2 unspecified atom stereocenters. The molecule has 0 aromatic carbocycles. The minimum Gasteiger partial charge on any atom is -0.309 e. The maximum atomic E-state index is 4.25. The number of nitrogens with zero attached hydrogens (tertiary/aromatic N) is 1. The van der Waals surface area contributed by atoms with E-state index in [1.807, 2.05) is 6.21 Å². The number of rotatable bonds is 0. The van der Waals surface area contributed by atoms with Gasteiger partial charge >= 0.3 is 0 Å². The summed E-state index contributed by atoms with van der Waals surface area (Å²) in [4.78, 5) is 4.25. The van der Waals surface area contributed by atoms with E-state index in [1.54, 1.807) is 0 Å². The van der Waals surface area contributed by atoms with Gasteiger partial charge in [-0.25, -0.2) is 0 Å². The van der Waals surface area contributed by atoms with Crippen LogP contribution in [0.25, 0.3) is 0 Å². The SMILES string of the molecule is CC1CN=CC(C)NC1. The normalized spacial score (nSPS) is 36.2. The monoisotopic (exact) mass is 126 g/mol. The predicted octanol–water partition coefficient (Wildman–Crippen LogP) is 0.685. The van der Waals surface area contributed by atoms with Crippen LogP contribution in [0.1, 0.15) is 13.8 Å². The second kappa shape index (κ2) is 2.97. The summed E-state index contributed by atoms with van der Waals surface area (Å²) in [7, 11) is 0. The van der Waals surface area contributed by atoms with Gasteiger partial charge in [0.1, 0.15) is 0 Å². The third-order valence-corrected chi connectivity index (χ3v) is 1.53. The Kier molecular flexibility index (Phi) is 2.22. The number of nitrogens with one attached hydrogen (secondary N) is 1. The maximum absolute atomic E-state index is 4.25. The first kappa shape index (κ1) is 6.75. The second-order valence-corrected chi connectivity index (χ2v) is 2.82. The molecular weight excluding hydrogens is 112 g/mol. The summed E-state index contributed by atoms with van der Waals surface area (Å²) in [5.74, 6) is 0.700. The molecule has 1 rings (SSSR count). The van der Waals surface area contributed by atoms with Crippen molar-refractivity contribution in [2.45, 2.75) is 19.9 Å². The van der Waals surface area contributed by atoms with Crippen LogP contribution in [0.3, 0.4) is 0 Å². The highest BCUT2D eigenvalue weighted by Gasteiger charge is 2.05. The summed E-state index contributed by atoms with van der Waals surface area (Å²) in [5, 5.41) is 3.34. The van der Waals surface area contributed by atoms with Gasteiger partial charge < -0.3 is 5.32 Å². The summed E-state index contributed by atoms with van der Waals surface area (Å²) in [6, 6.07) is 0.468. The van der Waals surface area contributed by atoms with Crippen LogP contribution in [-0.2, 0) is 0 Å². The van der Waals surface area contributed by atoms with Crippen molar-refractivity contribution in [1.29, 1.82) is 0 Å². The Morgan fingerprint density at radius 3 is 3.11 bits per heavy atom. The molecule has 1 aliphatic heterocycles. The van der Waals surface area contributed by atoms with E-state index in [9.17, 15) is 0 Å². The Balaban J connectivity index is 2.39. The highest BCUT2D eigenvalue weighted by molar-refractivity contribution is 5.63. The zero-order valence-corrected chi connectivity index (χ0v) is 6.09. The van der Waals surface area contributed by atoms with Crippen LogP contribution in [0, 0.1) is 5.92 Å². The van der Waals surface area contributed by atoms with Crippen molar-refractivity contribution < 1.29 is 0 Å². The number of hydrogen-bond acceptors (Lipinski definition) is 2. The Labute approximate surface area is 56.4 Å². The van der Waals surface area contributed by atoms with E-state index in [-0.39, 0.29) is 0 Å². The van der Waals surface area contributed by atoms with Gasteiger partial charge in [-0.2, -0.15) is 0 Å². The van der Waals surface area contributed by atoms with Gasteiger partial charge in [-0.15, -0.1) is 0 Å². The molecule has 0 aromatic rings. The first-order valence-corrected chi connectivity index (χ1v) is 3.52. The third kappa shape index (κ3) is 2.14. The lowest BCUT2D eigenvalue weighted by molar-refractivity contribution is 0.532. The van der Waals surface area contributed by atoms with Crippen LogP contribution in [0.15, 0.2) is 4.99 Å². The summed E-state index contributed by atoms with van der Waals surface area (Å²) in [5.41, 5.74) is 0. The number of hydrogen-bond donors (Lipinski definition) is 1. The molecule has 0 aromatic heterocycles. The summed E-state index contributed by atoms with van der Waals surface area (Å²) in [6.45, 7) is 6.42. The van der Waals surface area contributed by atoms with E-state index >= 15 is 0 Å².